The Morgan fingerprint density at radius 1 is 1.11 bits per heavy atom. The smallest absolute Gasteiger partial charge is 0.251 e. The highest BCUT2D eigenvalue weighted by molar-refractivity contribution is 7.90. The standard InChI is InChI=1S/C21H26N2O4S/c1-27-20-8-4-3-7-18(20)19(23-13-5-6-14-23)15-22-21(24)16-9-11-17(12-10-16)28(2,25)26/h3-4,7-12,19H,5-6,13-15H2,1-2H3,(H,22,24)/t19-/m0/s1. The molecule has 0 saturated carbocycles. The molecule has 6 nitrogen and oxygen atoms in total. The van der Waals surface area contributed by atoms with Crippen LogP contribution in [0.1, 0.15) is 34.8 Å². The number of para-hydroxylation sites is 1. The molecule has 0 aliphatic carbocycles. The van der Waals surface area contributed by atoms with E-state index in [0.717, 1.165) is 43.5 Å². The second kappa shape index (κ2) is 8.75. The summed E-state index contributed by atoms with van der Waals surface area (Å²) in [5.74, 6) is 0.588. The van der Waals surface area contributed by atoms with Gasteiger partial charge in [-0.1, -0.05) is 18.2 Å². The van der Waals surface area contributed by atoms with Gasteiger partial charge in [-0.25, -0.2) is 8.42 Å². The zero-order chi connectivity index (χ0) is 20.1. The summed E-state index contributed by atoms with van der Waals surface area (Å²) >= 11 is 0. The lowest BCUT2D eigenvalue weighted by Gasteiger charge is -2.29. The van der Waals surface area contributed by atoms with Crippen LogP contribution in [0.25, 0.3) is 0 Å². The summed E-state index contributed by atoms with van der Waals surface area (Å²) in [6.45, 7) is 2.43. The molecule has 0 aromatic heterocycles. The van der Waals surface area contributed by atoms with E-state index in [1.807, 2.05) is 24.3 Å². The Kier molecular flexibility index (Phi) is 6.36. The fraction of sp³-hybridized carbons (Fsp3) is 0.381. The van der Waals surface area contributed by atoms with E-state index in [4.69, 9.17) is 4.74 Å². The Hall–Kier alpha value is -2.38. The maximum absolute atomic E-state index is 12.6. The number of carbonyl (C=O) groups is 1. The first kappa shape index (κ1) is 20.4. The molecule has 3 rings (SSSR count). The summed E-state index contributed by atoms with van der Waals surface area (Å²) in [4.78, 5) is 15.2. The molecular formula is C21H26N2O4S. The molecule has 1 atom stereocenters. The van der Waals surface area contributed by atoms with Gasteiger partial charge in [-0.2, -0.15) is 0 Å². The van der Waals surface area contributed by atoms with Crippen molar-refractivity contribution in [2.75, 3.05) is 33.0 Å². The summed E-state index contributed by atoms with van der Waals surface area (Å²) in [5.41, 5.74) is 1.49. The van der Waals surface area contributed by atoms with E-state index in [0.29, 0.717) is 12.1 Å². The van der Waals surface area contributed by atoms with E-state index in [1.165, 1.54) is 12.1 Å². The van der Waals surface area contributed by atoms with E-state index in [1.54, 1.807) is 19.2 Å². The van der Waals surface area contributed by atoms with E-state index in [9.17, 15) is 13.2 Å². The molecule has 2 aromatic rings. The fourth-order valence-electron chi connectivity index (χ4n) is 3.58. The van der Waals surface area contributed by atoms with Gasteiger partial charge >= 0.3 is 0 Å². The number of nitrogens with one attached hydrogen (secondary N) is 1. The predicted molar refractivity (Wildman–Crippen MR) is 108 cm³/mol. The lowest BCUT2D eigenvalue weighted by atomic mass is 10.0. The molecule has 0 radical (unpaired) electrons. The second-order valence-electron chi connectivity index (χ2n) is 7.01. The van der Waals surface area contributed by atoms with Gasteiger partial charge in [0.25, 0.3) is 5.91 Å². The molecule has 0 bridgehead atoms. The number of ether oxygens (including phenoxy) is 1. The fourth-order valence-corrected chi connectivity index (χ4v) is 4.21. The van der Waals surface area contributed by atoms with Crippen molar-refractivity contribution in [1.82, 2.24) is 10.2 Å². The first-order chi connectivity index (χ1) is 13.4. The first-order valence-electron chi connectivity index (χ1n) is 9.35. The van der Waals surface area contributed by atoms with Crippen LogP contribution in [-0.4, -0.2) is 52.2 Å². The van der Waals surface area contributed by atoms with E-state index >= 15 is 0 Å². The average molecular weight is 403 g/mol. The number of hydrogen-bond donors (Lipinski definition) is 1. The number of hydrogen-bond acceptors (Lipinski definition) is 5. The number of amides is 1. The van der Waals surface area contributed by atoms with Gasteiger partial charge in [-0.05, 0) is 56.3 Å². The molecule has 0 spiro atoms. The van der Waals surface area contributed by atoms with Crippen LogP contribution in [0.4, 0.5) is 0 Å². The van der Waals surface area contributed by atoms with Crippen molar-refractivity contribution in [3.63, 3.8) is 0 Å². The van der Waals surface area contributed by atoms with Crippen LogP contribution in [0.5, 0.6) is 5.75 Å². The van der Waals surface area contributed by atoms with Gasteiger partial charge in [-0.15, -0.1) is 0 Å². The number of nitrogens with zero attached hydrogens (tertiary/aromatic N) is 1. The lowest BCUT2D eigenvalue weighted by molar-refractivity contribution is 0.0937. The molecule has 1 heterocycles. The molecule has 0 unspecified atom stereocenters. The van der Waals surface area contributed by atoms with Crippen LogP contribution in [0, 0.1) is 0 Å². The SMILES string of the molecule is COc1ccccc1[C@H](CNC(=O)c1ccc(S(C)(=O)=O)cc1)N1CCCC1. The third-order valence-electron chi connectivity index (χ3n) is 5.08. The third-order valence-corrected chi connectivity index (χ3v) is 6.21. The van der Waals surface area contributed by atoms with Crippen LogP contribution in [0.3, 0.4) is 0 Å². The van der Waals surface area contributed by atoms with Crippen molar-refractivity contribution in [3.8, 4) is 5.75 Å². The molecule has 1 aliphatic heterocycles. The Labute approximate surface area is 166 Å². The van der Waals surface area contributed by atoms with Gasteiger partial charge in [0.2, 0.25) is 0 Å². The molecule has 2 aromatic carbocycles. The number of carbonyl (C=O) groups excluding carboxylic acids is 1. The average Bonchev–Trinajstić information content (AvgIpc) is 3.22. The maximum Gasteiger partial charge on any atom is 0.251 e. The highest BCUT2D eigenvalue weighted by Crippen LogP contribution is 2.31. The van der Waals surface area contributed by atoms with Crippen molar-refractivity contribution >= 4 is 15.7 Å². The largest absolute Gasteiger partial charge is 0.496 e. The number of methoxy groups -OCH3 is 1. The summed E-state index contributed by atoms with van der Waals surface area (Å²) < 4.78 is 28.7. The van der Waals surface area contributed by atoms with Gasteiger partial charge in [0.05, 0.1) is 18.0 Å². The summed E-state index contributed by atoms with van der Waals surface area (Å²) in [5, 5.41) is 3.00. The minimum Gasteiger partial charge on any atom is -0.496 e. The number of sulfone groups is 1. The number of rotatable bonds is 7. The topological polar surface area (TPSA) is 75.7 Å². The van der Waals surface area contributed by atoms with Gasteiger partial charge in [0, 0.05) is 23.9 Å². The molecular weight excluding hydrogens is 376 g/mol. The van der Waals surface area contributed by atoms with Crippen molar-refractivity contribution in [2.45, 2.75) is 23.8 Å². The minimum atomic E-state index is -3.28. The van der Waals surface area contributed by atoms with E-state index < -0.39 is 9.84 Å². The molecule has 28 heavy (non-hydrogen) atoms. The molecule has 1 saturated heterocycles. The van der Waals surface area contributed by atoms with E-state index in [2.05, 4.69) is 10.2 Å². The number of benzene rings is 2. The maximum atomic E-state index is 12.6. The second-order valence-corrected chi connectivity index (χ2v) is 9.02. The highest BCUT2D eigenvalue weighted by Gasteiger charge is 2.26. The third kappa shape index (κ3) is 4.72. The molecule has 1 N–H and O–H groups in total. The quantitative estimate of drug-likeness (QED) is 0.771. The molecule has 1 amide bonds. The van der Waals surface area contributed by atoms with Crippen LogP contribution < -0.4 is 10.1 Å². The van der Waals surface area contributed by atoms with Gasteiger partial charge in [0.15, 0.2) is 9.84 Å². The highest BCUT2D eigenvalue weighted by atomic mass is 32.2. The van der Waals surface area contributed by atoms with Gasteiger partial charge < -0.3 is 10.1 Å². The minimum absolute atomic E-state index is 0.0258. The zero-order valence-electron chi connectivity index (χ0n) is 16.2. The normalized spacial score (nSPS) is 15.9. The molecule has 150 valence electrons. The zero-order valence-corrected chi connectivity index (χ0v) is 17.0. The Bertz CT molecular complexity index is 920. The van der Waals surface area contributed by atoms with Gasteiger partial charge in [-0.3, -0.25) is 9.69 Å². The van der Waals surface area contributed by atoms with Crippen molar-refractivity contribution in [2.24, 2.45) is 0 Å². The van der Waals surface area contributed by atoms with Crippen LogP contribution >= 0.6 is 0 Å². The summed E-state index contributed by atoms with van der Waals surface area (Å²) in [7, 11) is -1.62. The molecule has 1 fully saturated rings. The van der Waals surface area contributed by atoms with Crippen LogP contribution in [-0.2, 0) is 9.84 Å². The van der Waals surface area contributed by atoms with Crippen molar-refractivity contribution < 1.29 is 17.9 Å². The summed E-state index contributed by atoms with van der Waals surface area (Å²) in [6.07, 6.45) is 3.44. The summed E-state index contributed by atoms with van der Waals surface area (Å²) in [6, 6.07) is 13.9. The van der Waals surface area contributed by atoms with Gasteiger partial charge in [0.1, 0.15) is 5.75 Å². The number of likely N-dealkylation sites (tertiary alicyclic amines) is 1. The van der Waals surface area contributed by atoms with Crippen molar-refractivity contribution in [1.29, 1.82) is 0 Å². The molecule has 7 heteroatoms. The van der Waals surface area contributed by atoms with E-state index in [-0.39, 0.29) is 16.8 Å². The first-order valence-corrected chi connectivity index (χ1v) is 11.2. The van der Waals surface area contributed by atoms with Crippen LogP contribution in [0.2, 0.25) is 0 Å². The lowest BCUT2D eigenvalue weighted by Crippen LogP contribution is -2.37. The Balaban J connectivity index is 1.75. The Morgan fingerprint density at radius 3 is 2.36 bits per heavy atom. The van der Waals surface area contributed by atoms with Crippen LogP contribution in [0.15, 0.2) is 53.4 Å². The molecule has 1 aliphatic rings. The predicted octanol–water partition coefficient (Wildman–Crippen LogP) is 2.67. The Morgan fingerprint density at radius 2 is 1.75 bits per heavy atom. The monoisotopic (exact) mass is 402 g/mol. The van der Waals surface area contributed by atoms with Crippen molar-refractivity contribution in [3.05, 3.63) is 59.7 Å².